The highest BCUT2D eigenvalue weighted by atomic mass is 32.2. The van der Waals surface area contributed by atoms with Crippen LogP contribution in [-0.2, 0) is 10.0 Å². The van der Waals surface area contributed by atoms with Crippen molar-refractivity contribution in [3.05, 3.63) is 59.9 Å². The van der Waals surface area contributed by atoms with E-state index in [4.69, 9.17) is 0 Å². The van der Waals surface area contributed by atoms with E-state index in [2.05, 4.69) is 10.0 Å². The summed E-state index contributed by atoms with van der Waals surface area (Å²) >= 11 is 0. The van der Waals surface area contributed by atoms with Gasteiger partial charge in [0, 0.05) is 18.8 Å². The number of hydrogen-bond acceptors (Lipinski definition) is 3. The molecule has 0 aliphatic heterocycles. The van der Waals surface area contributed by atoms with Crippen molar-refractivity contribution in [1.82, 2.24) is 4.72 Å². The second-order valence-corrected chi connectivity index (χ2v) is 6.38. The summed E-state index contributed by atoms with van der Waals surface area (Å²) in [5, 5.41) is 2.93. The molecule has 6 heteroatoms. The Morgan fingerprint density at radius 1 is 1.00 bits per heavy atom. The molecule has 0 amide bonds. The van der Waals surface area contributed by atoms with Crippen LogP contribution in [0.2, 0.25) is 0 Å². The summed E-state index contributed by atoms with van der Waals surface area (Å²) in [6.45, 7) is 1.72. The molecule has 0 aliphatic rings. The molecule has 0 aliphatic carbocycles. The van der Waals surface area contributed by atoms with Crippen LogP contribution in [0.15, 0.2) is 53.4 Å². The van der Waals surface area contributed by atoms with Crippen molar-refractivity contribution in [1.29, 1.82) is 0 Å². The van der Waals surface area contributed by atoms with Crippen LogP contribution in [0.1, 0.15) is 18.5 Å². The molecule has 0 heterocycles. The largest absolute Gasteiger partial charge is 0.388 e. The van der Waals surface area contributed by atoms with Gasteiger partial charge in [-0.05, 0) is 48.9 Å². The Balaban J connectivity index is 2.17. The molecule has 2 aromatic rings. The van der Waals surface area contributed by atoms with Crippen LogP contribution >= 0.6 is 0 Å². The molecule has 0 saturated heterocycles. The maximum Gasteiger partial charge on any atom is 0.241 e. The van der Waals surface area contributed by atoms with Crippen molar-refractivity contribution >= 4 is 15.7 Å². The minimum absolute atomic E-state index is 0.190. The minimum atomic E-state index is -3.61. The summed E-state index contributed by atoms with van der Waals surface area (Å²) < 4.78 is 40.0. The molecule has 4 nitrogen and oxygen atoms in total. The number of hydrogen-bond donors (Lipinski definition) is 2. The van der Waals surface area contributed by atoms with Gasteiger partial charge in [0.1, 0.15) is 5.82 Å². The average Bonchev–Trinajstić information content (AvgIpc) is 2.47. The molecule has 21 heavy (non-hydrogen) atoms. The van der Waals surface area contributed by atoms with E-state index < -0.39 is 16.1 Å². The quantitative estimate of drug-likeness (QED) is 0.893. The summed E-state index contributed by atoms with van der Waals surface area (Å²) in [7, 11) is -1.85. The average molecular weight is 308 g/mol. The van der Waals surface area contributed by atoms with Crippen molar-refractivity contribution in [2.45, 2.75) is 17.9 Å². The van der Waals surface area contributed by atoms with Gasteiger partial charge in [0.2, 0.25) is 10.0 Å². The van der Waals surface area contributed by atoms with E-state index in [1.54, 1.807) is 38.2 Å². The fourth-order valence-corrected chi connectivity index (χ4v) is 3.15. The minimum Gasteiger partial charge on any atom is -0.388 e. The van der Waals surface area contributed by atoms with Gasteiger partial charge in [-0.25, -0.2) is 17.5 Å². The molecule has 1 unspecified atom stereocenters. The van der Waals surface area contributed by atoms with E-state index >= 15 is 0 Å². The molecule has 2 aromatic carbocycles. The van der Waals surface area contributed by atoms with E-state index in [1.165, 1.54) is 24.3 Å². The van der Waals surface area contributed by atoms with E-state index in [0.717, 1.165) is 5.69 Å². The lowest BCUT2D eigenvalue weighted by Gasteiger charge is -2.15. The van der Waals surface area contributed by atoms with Crippen LogP contribution < -0.4 is 10.0 Å². The first-order chi connectivity index (χ1) is 9.92. The van der Waals surface area contributed by atoms with E-state index in [9.17, 15) is 12.8 Å². The molecule has 2 N–H and O–H groups in total. The van der Waals surface area contributed by atoms with Crippen LogP contribution in [0.25, 0.3) is 0 Å². The number of anilines is 1. The van der Waals surface area contributed by atoms with Gasteiger partial charge in [-0.2, -0.15) is 0 Å². The van der Waals surface area contributed by atoms with Crippen molar-refractivity contribution in [2.24, 2.45) is 0 Å². The van der Waals surface area contributed by atoms with Crippen LogP contribution in [0.3, 0.4) is 0 Å². The van der Waals surface area contributed by atoms with Crippen molar-refractivity contribution in [2.75, 3.05) is 12.4 Å². The van der Waals surface area contributed by atoms with Gasteiger partial charge < -0.3 is 5.32 Å². The van der Waals surface area contributed by atoms with Gasteiger partial charge in [0.25, 0.3) is 0 Å². The van der Waals surface area contributed by atoms with Crippen molar-refractivity contribution < 1.29 is 12.8 Å². The smallest absolute Gasteiger partial charge is 0.241 e. The highest BCUT2D eigenvalue weighted by Crippen LogP contribution is 2.18. The van der Waals surface area contributed by atoms with Gasteiger partial charge >= 0.3 is 0 Å². The lowest BCUT2D eigenvalue weighted by atomic mass is 10.1. The Bertz CT molecular complexity index is 697. The third kappa shape index (κ3) is 3.80. The molecule has 0 spiro atoms. The molecule has 1 atom stereocenters. The molecule has 0 saturated carbocycles. The fourth-order valence-electron chi connectivity index (χ4n) is 1.92. The molecule has 2 rings (SSSR count). The fraction of sp³-hybridized carbons (Fsp3) is 0.200. The van der Waals surface area contributed by atoms with Gasteiger partial charge in [-0.1, -0.05) is 12.1 Å². The number of benzene rings is 2. The predicted octanol–water partition coefficient (Wildman–Crippen LogP) is 2.91. The Labute approximate surface area is 124 Å². The lowest BCUT2D eigenvalue weighted by molar-refractivity contribution is 0.566. The molecule has 0 bridgehead atoms. The van der Waals surface area contributed by atoms with E-state index in [0.29, 0.717) is 5.56 Å². The molecular formula is C15H17FN2O2S. The molecule has 0 fully saturated rings. The number of sulfonamides is 1. The highest BCUT2D eigenvalue weighted by molar-refractivity contribution is 7.89. The van der Waals surface area contributed by atoms with E-state index in [-0.39, 0.29) is 10.7 Å². The number of nitrogens with one attached hydrogen (secondary N) is 2. The highest BCUT2D eigenvalue weighted by Gasteiger charge is 2.18. The number of halogens is 1. The predicted molar refractivity (Wildman–Crippen MR) is 81.1 cm³/mol. The Morgan fingerprint density at radius 2 is 1.57 bits per heavy atom. The summed E-state index contributed by atoms with van der Waals surface area (Å²) in [6.07, 6.45) is 0. The van der Waals surface area contributed by atoms with Crippen LogP contribution in [0, 0.1) is 5.82 Å². The second kappa shape index (κ2) is 6.24. The van der Waals surface area contributed by atoms with Crippen LogP contribution in [0.4, 0.5) is 10.1 Å². The van der Waals surface area contributed by atoms with Gasteiger partial charge in [0.15, 0.2) is 0 Å². The van der Waals surface area contributed by atoms with Gasteiger partial charge in [-0.3, -0.25) is 0 Å². The Hall–Kier alpha value is -1.92. The zero-order valence-electron chi connectivity index (χ0n) is 11.8. The summed E-state index contributed by atoms with van der Waals surface area (Å²) in [5.74, 6) is -0.350. The second-order valence-electron chi connectivity index (χ2n) is 4.67. The Morgan fingerprint density at radius 3 is 2.10 bits per heavy atom. The molecule has 112 valence electrons. The third-order valence-corrected chi connectivity index (χ3v) is 4.71. The third-order valence-electron chi connectivity index (χ3n) is 3.16. The standard InChI is InChI=1S/C15H17FN2O2S/c1-11(12-3-5-13(16)6-4-12)18-21(19,20)15-9-7-14(17-2)8-10-15/h3-11,17-18H,1-2H3. The van der Waals surface area contributed by atoms with Crippen molar-refractivity contribution in [3.8, 4) is 0 Å². The zero-order valence-corrected chi connectivity index (χ0v) is 12.6. The topological polar surface area (TPSA) is 58.2 Å². The van der Waals surface area contributed by atoms with Crippen molar-refractivity contribution in [3.63, 3.8) is 0 Å². The summed E-state index contributed by atoms with van der Waals surface area (Å²) in [4.78, 5) is 0.190. The maximum atomic E-state index is 12.9. The summed E-state index contributed by atoms with van der Waals surface area (Å²) in [5.41, 5.74) is 1.53. The van der Waals surface area contributed by atoms with Gasteiger partial charge in [0.05, 0.1) is 4.90 Å². The first-order valence-electron chi connectivity index (χ1n) is 6.48. The normalized spacial score (nSPS) is 12.9. The van der Waals surface area contributed by atoms with Crippen LogP contribution in [-0.4, -0.2) is 15.5 Å². The Kier molecular flexibility index (Phi) is 4.59. The van der Waals surface area contributed by atoms with Gasteiger partial charge in [-0.15, -0.1) is 0 Å². The monoisotopic (exact) mass is 308 g/mol. The molecule has 0 radical (unpaired) electrons. The van der Waals surface area contributed by atoms with Crippen LogP contribution in [0.5, 0.6) is 0 Å². The number of rotatable bonds is 5. The van der Waals surface area contributed by atoms with E-state index in [1.807, 2.05) is 0 Å². The first-order valence-corrected chi connectivity index (χ1v) is 7.96. The summed E-state index contributed by atoms with van der Waals surface area (Å²) in [6, 6.07) is 11.7. The maximum absolute atomic E-state index is 12.9. The molecular weight excluding hydrogens is 291 g/mol. The SMILES string of the molecule is CNc1ccc(S(=O)(=O)NC(C)c2ccc(F)cc2)cc1. The molecule has 0 aromatic heterocycles. The lowest BCUT2D eigenvalue weighted by Crippen LogP contribution is -2.26. The zero-order chi connectivity index (χ0) is 15.5. The first kappa shape index (κ1) is 15.5.